The van der Waals surface area contributed by atoms with Crippen molar-refractivity contribution in [3.05, 3.63) is 52.9 Å². The lowest BCUT2D eigenvalue weighted by atomic mass is 10.1. The molecule has 0 saturated carbocycles. The van der Waals surface area contributed by atoms with Gasteiger partial charge in [-0.05, 0) is 39.0 Å². The number of amides is 3. The van der Waals surface area contributed by atoms with Gasteiger partial charge in [-0.15, -0.1) is 0 Å². The zero-order valence-corrected chi connectivity index (χ0v) is 21.1. The van der Waals surface area contributed by atoms with E-state index < -0.39 is 6.04 Å². The van der Waals surface area contributed by atoms with Gasteiger partial charge in [0.25, 0.3) is 5.91 Å². The van der Waals surface area contributed by atoms with Gasteiger partial charge in [0, 0.05) is 43.0 Å². The van der Waals surface area contributed by atoms with Crippen molar-refractivity contribution in [3.63, 3.8) is 0 Å². The number of nitrogens with one attached hydrogen (secondary N) is 2. The molecule has 1 saturated heterocycles. The number of carbonyl (C=O) groups excluding carboxylic acids is 3. The van der Waals surface area contributed by atoms with Crippen molar-refractivity contribution < 1.29 is 19.1 Å². The van der Waals surface area contributed by atoms with E-state index in [0.717, 1.165) is 5.56 Å². The number of aromatic nitrogens is 4. The third-order valence-corrected chi connectivity index (χ3v) is 6.25. The summed E-state index contributed by atoms with van der Waals surface area (Å²) in [7, 11) is 0. The second-order valence-corrected chi connectivity index (χ2v) is 8.86. The third-order valence-electron chi connectivity index (χ3n) is 6.00. The van der Waals surface area contributed by atoms with Crippen LogP contribution in [0, 0.1) is 6.92 Å². The highest BCUT2D eigenvalue weighted by molar-refractivity contribution is 6.30. The van der Waals surface area contributed by atoms with Crippen LogP contribution in [0.1, 0.15) is 36.1 Å². The lowest BCUT2D eigenvalue weighted by Crippen LogP contribution is -2.52. The number of ether oxygens (including phenoxy) is 1. The zero-order chi connectivity index (χ0) is 25.8. The van der Waals surface area contributed by atoms with E-state index >= 15 is 0 Å². The van der Waals surface area contributed by atoms with E-state index in [9.17, 15) is 14.4 Å². The molecule has 1 aromatic carbocycles. The van der Waals surface area contributed by atoms with Crippen LogP contribution in [0.25, 0.3) is 11.3 Å². The molecule has 1 unspecified atom stereocenters. The lowest BCUT2D eigenvalue weighted by Gasteiger charge is -2.35. The van der Waals surface area contributed by atoms with E-state index in [2.05, 4.69) is 20.6 Å². The molecule has 11 nitrogen and oxygen atoms in total. The van der Waals surface area contributed by atoms with Crippen LogP contribution >= 0.6 is 11.6 Å². The predicted octanol–water partition coefficient (Wildman–Crippen LogP) is 3.35. The normalized spacial score (nSPS) is 14.4. The molecule has 3 heterocycles. The van der Waals surface area contributed by atoms with Gasteiger partial charge in [-0.1, -0.05) is 23.7 Å². The predicted molar refractivity (Wildman–Crippen MR) is 134 cm³/mol. The summed E-state index contributed by atoms with van der Waals surface area (Å²) in [5.41, 5.74) is 2.80. The Hall–Kier alpha value is -3.86. The number of hydrogen-bond acceptors (Lipinski definition) is 6. The molecule has 36 heavy (non-hydrogen) atoms. The summed E-state index contributed by atoms with van der Waals surface area (Å²) in [5.74, 6) is -0.487. The summed E-state index contributed by atoms with van der Waals surface area (Å²) in [6.45, 7) is 7.26. The summed E-state index contributed by atoms with van der Waals surface area (Å²) in [4.78, 5) is 41.0. The Kier molecular flexibility index (Phi) is 7.58. The number of hydrogen-bond donors (Lipinski definition) is 2. The van der Waals surface area contributed by atoms with Gasteiger partial charge in [0.05, 0.1) is 23.7 Å². The van der Waals surface area contributed by atoms with Crippen LogP contribution < -0.4 is 5.32 Å². The van der Waals surface area contributed by atoms with Crippen molar-refractivity contribution in [2.24, 2.45) is 0 Å². The lowest BCUT2D eigenvalue weighted by molar-refractivity contribution is -0.136. The highest BCUT2D eigenvalue weighted by Crippen LogP contribution is 2.22. The van der Waals surface area contributed by atoms with E-state index in [0.29, 0.717) is 54.9 Å². The van der Waals surface area contributed by atoms with Crippen LogP contribution in [-0.2, 0) is 9.53 Å². The summed E-state index contributed by atoms with van der Waals surface area (Å²) in [5, 5.41) is 14.8. The molecule has 2 N–H and O–H groups in total. The number of carbonyl (C=O) groups is 3. The van der Waals surface area contributed by atoms with Crippen molar-refractivity contribution in [3.8, 4) is 11.3 Å². The van der Waals surface area contributed by atoms with Gasteiger partial charge in [0.1, 0.15) is 11.7 Å². The summed E-state index contributed by atoms with van der Waals surface area (Å²) in [6.07, 6.45) is 1.28. The number of anilines is 1. The first-order chi connectivity index (χ1) is 17.3. The maximum Gasteiger partial charge on any atom is 0.409 e. The average molecular weight is 514 g/mol. The van der Waals surface area contributed by atoms with Crippen molar-refractivity contribution in [1.82, 2.24) is 29.8 Å². The quantitative estimate of drug-likeness (QED) is 0.520. The van der Waals surface area contributed by atoms with Gasteiger partial charge in [-0.3, -0.25) is 19.4 Å². The maximum absolute atomic E-state index is 13.0. The molecule has 1 fully saturated rings. The minimum Gasteiger partial charge on any atom is -0.450 e. The molecule has 0 spiro atoms. The Bertz CT molecular complexity index is 1250. The highest BCUT2D eigenvalue weighted by atomic mass is 35.5. The van der Waals surface area contributed by atoms with Gasteiger partial charge >= 0.3 is 6.09 Å². The summed E-state index contributed by atoms with van der Waals surface area (Å²) >= 11 is 5.93. The first kappa shape index (κ1) is 25.2. The molecular formula is C24H28ClN7O4. The Morgan fingerprint density at radius 3 is 2.47 bits per heavy atom. The van der Waals surface area contributed by atoms with Gasteiger partial charge in [0.15, 0.2) is 0 Å². The molecule has 0 radical (unpaired) electrons. The van der Waals surface area contributed by atoms with Crippen molar-refractivity contribution in [2.75, 3.05) is 38.1 Å². The molecule has 3 amide bonds. The zero-order valence-electron chi connectivity index (χ0n) is 20.3. The largest absolute Gasteiger partial charge is 0.450 e. The van der Waals surface area contributed by atoms with Crippen LogP contribution in [-0.4, -0.2) is 80.5 Å². The number of halogens is 1. The Labute approximate surface area is 213 Å². The monoisotopic (exact) mass is 513 g/mol. The van der Waals surface area contributed by atoms with Crippen LogP contribution in [0.15, 0.2) is 36.5 Å². The molecule has 0 aliphatic carbocycles. The van der Waals surface area contributed by atoms with Crippen molar-refractivity contribution >= 4 is 35.2 Å². The van der Waals surface area contributed by atoms with Gasteiger partial charge in [0.2, 0.25) is 5.91 Å². The Morgan fingerprint density at radius 1 is 1.14 bits per heavy atom. The smallest absolute Gasteiger partial charge is 0.409 e. The SMILES string of the molecule is CCOC(=O)N1CCN(C(=O)C(C)n2cc(NC(=O)c3cc(-c4ccc(Cl)cc4)n[nH]3)c(C)n2)CC1. The van der Waals surface area contributed by atoms with E-state index in [1.165, 1.54) is 4.68 Å². The number of nitrogens with zero attached hydrogens (tertiary/aromatic N) is 5. The number of aromatic amines is 1. The number of benzene rings is 1. The van der Waals surface area contributed by atoms with Gasteiger partial charge in [-0.2, -0.15) is 10.2 Å². The third kappa shape index (κ3) is 5.51. The Balaban J connectivity index is 1.37. The summed E-state index contributed by atoms with van der Waals surface area (Å²) in [6, 6.07) is 8.23. The first-order valence-electron chi connectivity index (χ1n) is 11.7. The fourth-order valence-electron chi connectivity index (χ4n) is 3.90. The second-order valence-electron chi connectivity index (χ2n) is 8.42. The average Bonchev–Trinajstić information content (AvgIpc) is 3.51. The van der Waals surface area contributed by atoms with Crippen LogP contribution in [0.3, 0.4) is 0 Å². The number of H-pyrrole nitrogens is 1. The van der Waals surface area contributed by atoms with E-state index in [1.54, 1.807) is 55.0 Å². The molecule has 1 aliphatic heterocycles. The van der Waals surface area contributed by atoms with Crippen molar-refractivity contribution in [2.45, 2.75) is 26.8 Å². The van der Waals surface area contributed by atoms with E-state index in [1.807, 2.05) is 12.1 Å². The fourth-order valence-corrected chi connectivity index (χ4v) is 4.03. The van der Waals surface area contributed by atoms with Gasteiger partial charge in [-0.25, -0.2) is 4.79 Å². The number of piperazine rings is 1. The fraction of sp³-hybridized carbons (Fsp3) is 0.375. The molecule has 4 rings (SSSR count). The van der Waals surface area contributed by atoms with Crippen LogP contribution in [0.2, 0.25) is 5.02 Å². The molecule has 2 aromatic heterocycles. The highest BCUT2D eigenvalue weighted by Gasteiger charge is 2.29. The number of rotatable bonds is 6. The van der Waals surface area contributed by atoms with E-state index in [4.69, 9.17) is 16.3 Å². The van der Waals surface area contributed by atoms with Crippen molar-refractivity contribution in [1.29, 1.82) is 0 Å². The molecule has 12 heteroatoms. The van der Waals surface area contributed by atoms with E-state index in [-0.39, 0.29) is 23.6 Å². The molecule has 1 atom stereocenters. The molecule has 3 aromatic rings. The molecular weight excluding hydrogens is 486 g/mol. The summed E-state index contributed by atoms with van der Waals surface area (Å²) < 4.78 is 6.56. The minimum absolute atomic E-state index is 0.111. The van der Waals surface area contributed by atoms with Gasteiger partial charge < -0.3 is 19.9 Å². The first-order valence-corrected chi connectivity index (χ1v) is 12.0. The maximum atomic E-state index is 13.0. The molecule has 0 bridgehead atoms. The molecule has 1 aliphatic rings. The second kappa shape index (κ2) is 10.8. The minimum atomic E-state index is -0.577. The Morgan fingerprint density at radius 2 is 1.81 bits per heavy atom. The topological polar surface area (TPSA) is 125 Å². The van der Waals surface area contributed by atoms with Crippen LogP contribution in [0.5, 0.6) is 0 Å². The molecule has 190 valence electrons. The number of aryl methyl sites for hydroxylation is 1. The van der Waals surface area contributed by atoms with Crippen LogP contribution in [0.4, 0.5) is 10.5 Å². The standard InChI is InChI=1S/C24H28ClN7O4/c1-4-36-24(35)31-11-9-30(10-12-31)23(34)16(3)32-14-21(15(2)29-32)26-22(33)20-13-19(27-28-20)17-5-7-18(25)8-6-17/h5-8,13-14,16H,4,9-12H2,1-3H3,(H,26,33)(H,27,28).